The van der Waals surface area contributed by atoms with Crippen LogP contribution in [0, 0.1) is 5.92 Å². The Labute approximate surface area is 126 Å². The molecule has 1 atom stereocenters. The van der Waals surface area contributed by atoms with Gasteiger partial charge in [0.15, 0.2) is 0 Å². The van der Waals surface area contributed by atoms with Gasteiger partial charge in [0, 0.05) is 19.5 Å². The molecule has 0 saturated carbocycles. The Hall–Kier alpha value is -2.18. The lowest BCUT2D eigenvalue weighted by Crippen LogP contribution is -2.34. The smallest absolute Gasteiger partial charge is 0.410 e. The number of carbonyl (C=O) groups excluding carboxylic acids is 1. The average Bonchev–Trinajstić information content (AvgIpc) is 2.64. The quantitative estimate of drug-likeness (QED) is 0.932. The fraction of sp³-hybridized carbons (Fsp3) is 0.467. The van der Waals surface area contributed by atoms with Gasteiger partial charge in [-0.3, -0.25) is 4.79 Å². The predicted octanol–water partition coefficient (Wildman–Crippen LogP) is 2.76. The van der Waals surface area contributed by atoms with Crippen molar-refractivity contribution in [2.75, 3.05) is 13.1 Å². The molecule has 1 aromatic carbocycles. The van der Waals surface area contributed by atoms with E-state index in [9.17, 15) is 18.4 Å². The van der Waals surface area contributed by atoms with Crippen LogP contribution >= 0.6 is 0 Å². The number of carbonyl (C=O) groups is 2. The minimum atomic E-state index is -3.32. The Morgan fingerprint density at radius 1 is 1.27 bits per heavy atom. The van der Waals surface area contributed by atoms with Crippen LogP contribution in [0.1, 0.15) is 18.4 Å². The number of carboxylic acid groups (broad SMARTS) is 1. The largest absolute Gasteiger partial charge is 0.481 e. The molecule has 1 heterocycles. The molecule has 22 heavy (non-hydrogen) atoms. The number of amides is 1. The molecule has 0 radical (unpaired) electrons. The van der Waals surface area contributed by atoms with Crippen molar-refractivity contribution in [3.63, 3.8) is 0 Å². The molecule has 120 valence electrons. The van der Waals surface area contributed by atoms with E-state index in [2.05, 4.69) is 0 Å². The van der Waals surface area contributed by atoms with E-state index in [1.807, 2.05) is 6.07 Å². The number of nitrogens with zero attached hydrogens (tertiary/aromatic N) is 1. The van der Waals surface area contributed by atoms with Crippen LogP contribution in [0.5, 0.6) is 0 Å². The third-order valence-electron chi connectivity index (χ3n) is 3.67. The number of benzene rings is 1. The molecule has 1 fully saturated rings. The Morgan fingerprint density at radius 2 is 1.95 bits per heavy atom. The fourth-order valence-electron chi connectivity index (χ4n) is 2.36. The van der Waals surface area contributed by atoms with Crippen LogP contribution in [0.2, 0.25) is 0 Å². The van der Waals surface area contributed by atoms with Gasteiger partial charge in [0.1, 0.15) is 12.5 Å². The van der Waals surface area contributed by atoms with E-state index in [0.29, 0.717) is 0 Å². The van der Waals surface area contributed by atoms with Crippen LogP contribution in [0.4, 0.5) is 13.6 Å². The van der Waals surface area contributed by atoms with E-state index in [1.54, 1.807) is 24.3 Å². The number of alkyl halides is 2. The third-order valence-corrected chi connectivity index (χ3v) is 3.67. The molecule has 1 aromatic rings. The van der Waals surface area contributed by atoms with Crippen molar-refractivity contribution in [3.8, 4) is 0 Å². The molecule has 1 unspecified atom stereocenters. The first-order valence-corrected chi connectivity index (χ1v) is 6.96. The van der Waals surface area contributed by atoms with Crippen molar-refractivity contribution < 1.29 is 28.2 Å². The minimum Gasteiger partial charge on any atom is -0.481 e. The summed E-state index contributed by atoms with van der Waals surface area (Å²) in [6.07, 6.45) is -1.67. The standard InChI is InChI=1S/C15H17F2NO4/c16-15(17)7-9-18(8-6-12(15)13(19)20)14(21)22-10-11-4-2-1-3-5-11/h1-5,12H,6-10H2,(H,19,20). The maximum absolute atomic E-state index is 13.7. The maximum Gasteiger partial charge on any atom is 0.410 e. The molecule has 0 aromatic heterocycles. The summed E-state index contributed by atoms with van der Waals surface area (Å²) in [5.74, 6) is -6.62. The van der Waals surface area contributed by atoms with Gasteiger partial charge in [-0.1, -0.05) is 30.3 Å². The van der Waals surface area contributed by atoms with Crippen molar-refractivity contribution in [1.82, 2.24) is 4.90 Å². The molecule has 0 aliphatic carbocycles. The molecule has 0 bridgehead atoms. The zero-order valence-corrected chi connectivity index (χ0v) is 11.9. The monoisotopic (exact) mass is 313 g/mol. The summed E-state index contributed by atoms with van der Waals surface area (Å²) in [6, 6.07) is 8.99. The van der Waals surface area contributed by atoms with E-state index in [0.717, 1.165) is 10.5 Å². The summed E-state index contributed by atoms with van der Waals surface area (Å²) in [5.41, 5.74) is 0.791. The van der Waals surface area contributed by atoms with Crippen LogP contribution in [0.25, 0.3) is 0 Å². The molecule has 5 nitrogen and oxygen atoms in total. The Kier molecular flexibility index (Phi) is 4.95. The number of rotatable bonds is 3. The molecule has 7 heteroatoms. The molecular weight excluding hydrogens is 296 g/mol. The molecule has 2 rings (SSSR count). The molecule has 0 spiro atoms. The topological polar surface area (TPSA) is 66.8 Å². The lowest BCUT2D eigenvalue weighted by Gasteiger charge is -2.20. The highest BCUT2D eigenvalue weighted by Crippen LogP contribution is 2.34. The van der Waals surface area contributed by atoms with Gasteiger partial charge >= 0.3 is 12.1 Å². The molecule has 1 aliphatic rings. The van der Waals surface area contributed by atoms with Crippen molar-refractivity contribution in [1.29, 1.82) is 0 Å². The van der Waals surface area contributed by atoms with Crippen molar-refractivity contribution in [2.45, 2.75) is 25.4 Å². The van der Waals surface area contributed by atoms with Crippen molar-refractivity contribution in [3.05, 3.63) is 35.9 Å². The third kappa shape index (κ3) is 3.93. The number of carboxylic acids is 1. The summed E-state index contributed by atoms with van der Waals surface area (Å²) in [7, 11) is 0. The predicted molar refractivity (Wildman–Crippen MR) is 73.5 cm³/mol. The van der Waals surface area contributed by atoms with Gasteiger partial charge in [0.25, 0.3) is 5.92 Å². The first kappa shape index (κ1) is 16.2. The van der Waals surface area contributed by atoms with E-state index >= 15 is 0 Å². The van der Waals surface area contributed by atoms with Crippen LogP contribution in [0.15, 0.2) is 30.3 Å². The Balaban J connectivity index is 1.93. The van der Waals surface area contributed by atoms with Crippen molar-refractivity contribution >= 4 is 12.1 Å². The lowest BCUT2D eigenvalue weighted by molar-refractivity contribution is -0.157. The van der Waals surface area contributed by atoms with E-state index in [1.165, 1.54) is 0 Å². The van der Waals surface area contributed by atoms with Crippen LogP contribution < -0.4 is 0 Å². The van der Waals surface area contributed by atoms with Gasteiger partial charge < -0.3 is 14.7 Å². The van der Waals surface area contributed by atoms with Crippen LogP contribution in [-0.2, 0) is 16.1 Å². The van der Waals surface area contributed by atoms with Gasteiger partial charge in [-0.2, -0.15) is 0 Å². The molecule has 1 N–H and O–H groups in total. The number of likely N-dealkylation sites (tertiary alicyclic amines) is 1. The summed E-state index contributed by atoms with van der Waals surface area (Å²) < 4.78 is 32.5. The van der Waals surface area contributed by atoms with Gasteiger partial charge in [-0.25, -0.2) is 13.6 Å². The first-order valence-electron chi connectivity index (χ1n) is 6.96. The highest BCUT2D eigenvalue weighted by atomic mass is 19.3. The normalized spacial score (nSPS) is 21.0. The molecule has 1 aliphatic heterocycles. The molecule has 1 saturated heterocycles. The summed E-state index contributed by atoms with van der Waals surface area (Å²) in [5, 5.41) is 8.86. The number of ether oxygens (including phenoxy) is 1. The second kappa shape index (κ2) is 6.72. The number of aliphatic carboxylic acids is 1. The Morgan fingerprint density at radius 3 is 2.59 bits per heavy atom. The number of hydrogen-bond donors (Lipinski definition) is 1. The van der Waals surface area contributed by atoms with Gasteiger partial charge in [-0.05, 0) is 12.0 Å². The first-order chi connectivity index (χ1) is 10.4. The SMILES string of the molecule is O=C(O)C1CCN(C(=O)OCc2ccccc2)CCC1(F)F. The molecular formula is C15H17F2NO4. The van der Waals surface area contributed by atoms with E-state index < -0.39 is 30.3 Å². The second-order valence-corrected chi connectivity index (χ2v) is 5.22. The minimum absolute atomic E-state index is 0.0505. The highest BCUT2D eigenvalue weighted by molar-refractivity contribution is 5.72. The number of halogens is 2. The van der Waals surface area contributed by atoms with E-state index in [-0.39, 0.29) is 26.1 Å². The van der Waals surface area contributed by atoms with Gasteiger partial charge in [-0.15, -0.1) is 0 Å². The fourth-order valence-corrected chi connectivity index (χ4v) is 2.36. The van der Waals surface area contributed by atoms with Gasteiger partial charge in [0.05, 0.1) is 0 Å². The summed E-state index contributed by atoms with van der Waals surface area (Å²) in [6.45, 7) is -0.223. The zero-order valence-electron chi connectivity index (χ0n) is 11.9. The zero-order chi connectivity index (χ0) is 16.2. The van der Waals surface area contributed by atoms with Crippen molar-refractivity contribution in [2.24, 2.45) is 5.92 Å². The number of hydrogen-bond acceptors (Lipinski definition) is 3. The Bertz CT molecular complexity index is 536. The second-order valence-electron chi connectivity index (χ2n) is 5.22. The summed E-state index contributed by atoms with van der Waals surface area (Å²) >= 11 is 0. The average molecular weight is 313 g/mol. The lowest BCUT2D eigenvalue weighted by atomic mass is 9.97. The molecule has 1 amide bonds. The maximum atomic E-state index is 13.7. The highest BCUT2D eigenvalue weighted by Gasteiger charge is 2.46. The van der Waals surface area contributed by atoms with Gasteiger partial charge in [0.2, 0.25) is 0 Å². The van der Waals surface area contributed by atoms with Crippen LogP contribution in [-0.4, -0.2) is 41.1 Å². The summed E-state index contributed by atoms with van der Waals surface area (Å²) in [4.78, 5) is 24.0. The van der Waals surface area contributed by atoms with Crippen LogP contribution in [0.3, 0.4) is 0 Å². The van der Waals surface area contributed by atoms with E-state index in [4.69, 9.17) is 9.84 Å².